The van der Waals surface area contributed by atoms with Gasteiger partial charge in [0.15, 0.2) is 13.2 Å². The summed E-state index contributed by atoms with van der Waals surface area (Å²) in [7, 11) is 0. The molecule has 0 unspecified atom stereocenters. The van der Waals surface area contributed by atoms with Crippen LogP contribution in [0, 0.1) is 38.4 Å². The van der Waals surface area contributed by atoms with Crippen LogP contribution in [0.1, 0.15) is 22.3 Å². The molecular formula is C21H22N2O4S. The van der Waals surface area contributed by atoms with Crippen molar-refractivity contribution in [3.63, 3.8) is 0 Å². The monoisotopic (exact) mass is 398 g/mol. The molecule has 0 heterocycles. The molecule has 0 aliphatic carbocycles. The van der Waals surface area contributed by atoms with Crippen LogP contribution >= 0.6 is 11.8 Å². The summed E-state index contributed by atoms with van der Waals surface area (Å²) in [5.41, 5.74) is 4.51. The van der Waals surface area contributed by atoms with Gasteiger partial charge in [-0.3, -0.25) is 4.79 Å². The van der Waals surface area contributed by atoms with E-state index in [2.05, 4.69) is 5.32 Å². The Morgan fingerprint density at radius 2 is 1.68 bits per heavy atom. The number of carbonyl (C=O) groups excluding carboxylic acids is 2. The Kier molecular flexibility index (Phi) is 7.47. The van der Waals surface area contributed by atoms with Crippen molar-refractivity contribution in [2.45, 2.75) is 32.6 Å². The Morgan fingerprint density at radius 1 is 1.00 bits per heavy atom. The van der Waals surface area contributed by atoms with Crippen molar-refractivity contribution in [1.82, 2.24) is 0 Å². The molecule has 28 heavy (non-hydrogen) atoms. The van der Waals surface area contributed by atoms with Crippen molar-refractivity contribution < 1.29 is 19.1 Å². The number of hydrogen-bond acceptors (Lipinski definition) is 6. The number of carbonyl (C=O) groups is 2. The molecule has 2 aromatic rings. The molecule has 2 aromatic carbocycles. The van der Waals surface area contributed by atoms with Gasteiger partial charge in [0.25, 0.3) is 5.91 Å². The van der Waals surface area contributed by atoms with Gasteiger partial charge in [0.05, 0.1) is 0 Å². The molecule has 0 spiro atoms. The highest BCUT2D eigenvalue weighted by molar-refractivity contribution is 8.03. The summed E-state index contributed by atoms with van der Waals surface area (Å²) in [4.78, 5) is 24.7. The second-order valence-corrected chi connectivity index (χ2v) is 7.23. The Morgan fingerprint density at radius 3 is 2.29 bits per heavy atom. The van der Waals surface area contributed by atoms with Gasteiger partial charge in [0.1, 0.15) is 11.2 Å². The Bertz CT molecular complexity index is 911. The summed E-state index contributed by atoms with van der Waals surface area (Å²) in [6, 6.07) is 9.17. The van der Waals surface area contributed by atoms with E-state index in [1.54, 1.807) is 6.07 Å². The number of thioether (sulfide) groups is 1. The lowest BCUT2D eigenvalue weighted by atomic mass is 10.1. The summed E-state index contributed by atoms with van der Waals surface area (Å²) >= 11 is 1.06. The van der Waals surface area contributed by atoms with Gasteiger partial charge in [-0.25, -0.2) is 4.79 Å². The highest BCUT2D eigenvalue weighted by atomic mass is 32.2. The number of anilines is 1. The quantitative estimate of drug-likeness (QED) is 0.430. The summed E-state index contributed by atoms with van der Waals surface area (Å²) in [5.74, 6) is -0.486. The second kappa shape index (κ2) is 9.81. The first-order chi connectivity index (χ1) is 13.3. The van der Waals surface area contributed by atoms with Gasteiger partial charge >= 0.3 is 5.97 Å². The minimum absolute atomic E-state index is 0.270. The standard InChI is InChI=1S/C21H22N2O4S/c1-13-5-6-17(7-14(13)2)26-11-20(25)27-10-19(24)23-21-15(3)8-18(28-12-22)9-16(21)4/h5-9H,10-11H2,1-4H3,(H,23,24). The molecule has 0 aromatic heterocycles. The predicted octanol–water partition coefficient (Wildman–Crippen LogP) is 4.05. The zero-order valence-corrected chi connectivity index (χ0v) is 17.1. The Labute approximate surface area is 168 Å². The third-order valence-electron chi connectivity index (χ3n) is 4.13. The third kappa shape index (κ3) is 6.03. The number of rotatable bonds is 7. The normalized spacial score (nSPS) is 10.1. The maximum atomic E-state index is 12.1. The van der Waals surface area contributed by atoms with Gasteiger partial charge in [0, 0.05) is 10.6 Å². The first-order valence-corrected chi connectivity index (χ1v) is 9.44. The van der Waals surface area contributed by atoms with E-state index in [0.717, 1.165) is 38.9 Å². The zero-order valence-electron chi connectivity index (χ0n) is 16.3. The third-order valence-corrected chi connectivity index (χ3v) is 4.70. The van der Waals surface area contributed by atoms with E-state index in [0.29, 0.717) is 11.4 Å². The number of amides is 1. The number of aryl methyl sites for hydroxylation is 4. The smallest absolute Gasteiger partial charge is 0.344 e. The lowest BCUT2D eigenvalue weighted by Gasteiger charge is -2.13. The van der Waals surface area contributed by atoms with Crippen LogP contribution in [0.25, 0.3) is 0 Å². The Balaban J connectivity index is 1.84. The molecule has 0 fully saturated rings. The van der Waals surface area contributed by atoms with E-state index < -0.39 is 18.5 Å². The van der Waals surface area contributed by atoms with Crippen LogP contribution in [0.3, 0.4) is 0 Å². The number of nitriles is 1. The number of hydrogen-bond donors (Lipinski definition) is 1. The number of esters is 1. The van der Waals surface area contributed by atoms with E-state index in [-0.39, 0.29) is 6.61 Å². The molecule has 1 amide bonds. The van der Waals surface area contributed by atoms with E-state index in [4.69, 9.17) is 14.7 Å². The molecule has 0 radical (unpaired) electrons. The van der Waals surface area contributed by atoms with Crippen LogP contribution in [-0.2, 0) is 14.3 Å². The molecule has 2 rings (SSSR count). The molecule has 0 saturated heterocycles. The number of thiocyanates is 1. The lowest BCUT2D eigenvalue weighted by molar-refractivity contribution is -0.149. The van der Waals surface area contributed by atoms with Crippen molar-refractivity contribution in [3.8, 4) is 11.2 Å². The molecule has 0 atom stereocenters. The minimum atomic E-state index is -0.623. The molecule has 1 N–H and O–H groups in total. The number of benzene rings is 2. The number of ether oxygens (including phenoxy) is 2. The fourth-order valence-corrected chi connectivity index (χ4v) is 3.12. The van der Waals surface area contributed by atoms with Gasteiger partial charge in [0.2, 0.25) is 0 Å². The van der Waals surface area contributed by atoms with Crippen molar-refractivity contribution in [3.05, 3.63) is 52.6 Å². The first-order valence-electron chi connectivity index (χ1n) is 8.63. The first kappa shape index (κ1) is 21.3. The average Bonchev–Trinajstić information content (AvgIpc) is 2.64. The van der Waals surface area contributed by atoms with Crippen molar-refractivity contribution >= 4 is 29.3 Å². The highest BCUT2D eigenvalue weighted by Crippen LogP contribution is 2.27. The molecule has 146 valence electrons. The van der Waals surface area contributed by atoms with Crippen LogP contribution in [-0.4, -0.2) is 25.1 Å². The van der Waals surface area contributed by atoms with Crippen molar-refractivity contribution in [2.75, 3.05) is 18.5 Å². The molecule has 6 nitrogen and oxygen atoms in total. The van der Waals surface area contributed by atoms with Crippen LogP contribution < -0.4 is 10.1 Å². The zero-order chi connectivity index (χ0) is 20.7. The van der Waals surface area contributed by atoms with Crippen LogP contribution in [0.4, 0.5) is 5.69 Å². The SMILES string of the molecule is Cc1ccc(OCC(=O)OCC(=O)Nc2c(C)cc(SC#N)cc2C)cc1C. The van der Waals surface area contributed by atoms with Crippen molar-refractivity contribution in [2.24, 2.45) is 0 Å². The largest absolute Gasteiger partial charge is 0.482 e. The lowest BCUT2D eigenvalue weighted by Crippen LogP contribution is -2.24. The number of nitrogens with one attached hydrogen (secondary N) is 1. The van der Waals surface area contributed by atoms with E-state index in [9.17, 15) is 9.59 Å². The molecule has 0 saturated carbocycles. The van der Waals surface area contributed by atoms with E-state index >= 15 is 0 Å². The van der Waals surface area contributed by atoms with Crippen LogP contribution in [0.5, 0.6) is 5.75 Å². The van der Waals surface area contributed by atoms with Crippen LogP contribution in [0.15, 0.2) is 35.2 Å². The highest BCUT2D eigenvalue weighted by Gasteiger charge is 2.12. The van der Waals surface area contributed by atoms with E-state index in [1.165, 1.54) is 0 Å². The summed E-state index contributed by atoms with van der Waals surface area (Å²) in [6.07, 6.45) is 0. The van der Waals surface area contributed by atoms with Gasteiger partial charge in [-0.1, -0.05) is 6.07 Å². The summed E-state index contributed by atoms with van der Waals surface area (Å²) < 4.78 is 10.4. The average molecular weight is 398 g/mol. The molecule has 0 aliphatic rings. The fourth-order valence-electron chi connectivity index (χ4n) is 2.54. The molecule has 0 aliphatic heterocycles. The summed E-state index contributed by atoms with van der Waals surface area (Å²) in [6.45, 7) is 6.96. The molecule has 0 bridgehead atoms. The van der Waals surface area contributed by atoms with Gasteiger partial charge in [-0.05, 0) is 86.0 Å². The fraction of sp³-hybridized carbons (Fsp3) is 0.286. The molecule has 7 heteroatoms. The number of nitrogens with zero attached hydrogens (tertiary/aromatic N) is 1. The Hall–Kier alpha value is -2.98. The maximum absolute atomic E-state index is 12.1. The van der Waals surface area contributed by atoms with Gasteiger partial charge < -0.3 is 14.8 Å². The predicted molar refractivity (Wildman–Crippen MR) is 108 cm³/mol. The van der Waals surface area contributed by atoms with Crippen molar-refractivity contribution in [1.29, 1.82) is 5.26 Å². The minimum Gasteiger partial charge on any atom is -0.482 e. The van der Waals surface area contributed by atoms with Crippen LogP contribution in [0.2, 0.25) is 0 Å². The maximum Gasteiger partial charge on any atom is 0.344 e. The van der Waals surface area contributed by atoms with Gasteiger partial charge in [-0.2, -0.15) is 5.26 Å². The van der Waals surface area contributed by atoms with Gasteiger partial charge in [-0.15, -0.1) is 0 Å². The molecular weight excluding hydrogens is 376 g/mol. The second-order valence-electron chi connectivity index (χ2n) is 6.37. The summed E-state index contributed by atoms with van der Waals surface area (Å²) in [5, 5.41) is 13.5. The van der Waals surface area contributed by atoms with E-state index in [1.807, 2.05) is 57.4 Å². The topological polar surface area (TPSA) is 88.4 Å².